The van der Waals surface area contributed by atoms with Crippen LogP contribution in [0.1, 0.15) is 28.8 Å². The number of carbonyl (C=O) groups is 1. The van der Waals surface area contributed by atoms with E-state index in [0.29, 0.717) is 37.0 Å². The summed E-state index contributed by atoms with van der Waals surface area (Å²) in [6.45, 7) is 3.08. The van der Waals surface area contributed by atoms with E-state index >= 15 is 0 Å². The number of fused-ring (bicyclic) bond motifs is 1. The van der Waals surface area contributed by atoms with Gasteiger partial charge in [-0.05, 0) is 60.7 Å². The Morgan fingerprint density at radius 2 is 1.85 bits per heavy atom. The quantitative estimate of drug-likeness (QED) is 0.527. The third-order valence-corrected chi connectivity index (χ3v) is 6.54. The van der Waals surface area contributed by atoms with E-state index < -0.39 is 5.60 Å². The standard InChI is InChI=1S/C26H26N4O3/c1-19-6-2-3-9-22(19)20-7-4-8-21(16-20)24(31)28-14-11-26(33,12-15-28)17-29-18-27-30-13-5-10-23(30)25(29)32/h2-10,13,16,18,33H,11-12,14-15,17H2,1H3. The Morgan fingerprint density at radius 3 is 2.64 bits per heavy atom. The van der Waals surface area contributed by atoms with Crippen LogP contribution in [0.5, 0.6) is 0 Å². The number of hydrogen-bond acceptors (Lipinski definition) is 4. The summed E-state index contributed by atoms with van der Waals surface area (Å²) in [6, 6.07) is 19.3. The van der Waals surface area contributed by atoms with Crippen LogP contribution in [0.2, 0.25) is 0 Å². The Hall–Kier alpha value is -3.71. The van der Waals surface area contributed by atoms with Gasteiger partial charge in [0.05, 0.1) is 12.1 Å². The average Bonchev–Trinajstić information content (AvgIpc) is 3.31. The first-order chi connectivity index (χ1) is 15.9. The average molecular weight is 443 g/mol. The van der Waals surface area contributed by atoms with Crippen molar-refractivity contribution in [2.24, 2.45) is 0 Å². The molecule has 7 nitrogen and oxygen atoms in total. The minimum absolute atomic E-state index is 0.0408. The van der Waals surface area contributed by atoms with Crippen LogP contribution in [0, 0.1) is 6.92 Å². The molecule has 0 atom stereocenters. The van der Waals surface area contributed by atoms with Gasteiger partial charge in [0.15, 0.2) is 0 Å². The molecule has 0 spiro atoms. The van der Waals surface area contributed by atoms with Crippen molar-refractivity contribution in [3.63, 3.8) is 0 Å². The number of aryl methyl sites for hydroxylation is 1. The molecule has 2 aromatic heterocycles. The number of nitrogens with zero attached hydrogens (tertiary/aromatic N) is 4. The van der Waals surface area contributed by atoms with Crippen molar-refractivity contribution in [3.05, 3.63) is 94.7 Å². The lowest BCUT2D eigenvalue weighted by Gasteiger charge is -2.38. The number of hydrogen-bond donors (Lipinski definition) is 1. The van der Waals surface area contributed by atoms with Crippen LogP contribution in [0.3, 0.4) is 0 Å². The highest BCUT2D eigenvalue weighted by Crippen LogP contribution is 2.27. The summed E-state index contributed by atoms with van der Waals surface area (Å²) in [5.41, 5.74) is 3.15. The summed E-state index contributed by atoms with van der Waals surface area (Å²) in [7, 11) is 0. The zero-order chi connectivity index (χ0) is 23.0. The molecule has 0 aliphatic carbocycles. The van der Waals surface area contributed by atoms with Gasteiger partial charge >= 0.3 is 0 Å². The summed E-state index contributed by atoms with van der Waals surface area (Å²) in [6.07, 6.45) is 3.97. The fraction of sp³-hybridized carbons (Fsp3) is 0.269. The molecule has 7 heteroatoms. The van der Waals surface area contributed by atoms with Gasteiger partial charge in [-0.15, -0.1) is 0 Å². The van der Waals surface area contributed by atoms with Crippen molar-refractivity contribution >= 4 is 11.4 Å². The van der Waals surface area contributed by atoms with E-state index in [1.807, 2.05) is 36.4 Å². The molecule has 168 valence electrons. The zero-order valence-corrected chi connectivity index (χ0v) is 18.5. The Balaban J connectivity index is 1.29. The molecule has 5 rings (SSSR count). The molecule has 3 heterocycles. The topological polar surface area (TPSA) is 79.8 Å². The van der Waals surface area contributed by atoms with Gasteiger partial charge in [-0.1, -0.05) is 36.4 Å². The van der Waals surface area contributed by atoms with E-state index in [1.165, 1.54) is 15.4 Å². The van der Waals surface area contributed by atoms with Gasteiger partial charge in [-0.3, -0.25) is 14.2 Å². The van der Waals surface area contributed by atoms with Crippen LogP contribution in [0.25, 0.3) is 16.6 Å². The maximum atomic E-state index is 13.2. The number of carbonyl (C=O) groups excluding carboxylic acids is 1. The molecule has 33 heavy (non-hydrogen) atoms. The first kappa shape index (κ1) is 21.2. The fourth-order valence-corrected chi connectivity index (χ4v) is 4.57. The lowest BCUT2D eigenvalue weighted by atomic mass is 9.90. The number of rotatable bonds is 4. The lowest BCUT2D eigenvalue weighted by Crippen LogP contribution is -2.49. The Kier molecular flexibility index (Phi) is 5.34. The SMILES string of the molecule is Cc1ccccc1-c1cccc(C(=O)N2CCC(O)(Cn3cnn4cccc4c3=O)CC2)c1. The van der Waals surface area contributed by atoms with Gasteiger partial charge in [0, 0.05) is 24.8 Å². The Bertz CT molecular complexity index is 1380. The van der Waals surface area contributed by atoms with Crippen LogP contribution in [0.4, 0.5) is 0 Å². The van der Waals surface area contributed by atoms with Crippen molar-refractivity contribution in [2.75, 3.05) is 13.1 Å². The monoisotopic (exact) mass is 442 g/mol. The predicted molar refractivity (Wildman–Crippen MR) is 126 cm³/mol. The van der Waals surface area contributed by atoms with Gasteiger partial charge in [-0.2, -0.15) is 5.10 Å². The summed E-state index contributed by atoms with van der Waals surface area (Å²) >= 11 is 0. The molecule has 0 unspecified atom stereocenters. The highest BCUT2D eigenvalue weighted by molar-refractivity contribution is 5.95. The largest absolute Gasteiger partial charge is 0.388 e. The summed E-state index contributed by atoms with van der Waals surface area (Å²) in [5, 5.41) is 15.4. The van der Waals surface area contributed by atoms with Crippen LogP contribution >= 0.6 is 0 Å². The molecule has 1 aliphatic rings. The van der Waals surface area contributed by atoms with Gasteiger partial charge in [0.25, 0.3) is 11.5 Å². The number of aliphatic hydroxyl groups is 1. The van der Waals surface area contributed by atoms with Crippen LogP contribution in [0.15, 0.2) is 78.0 Å². The molecule has 1 saturated heterocycles. The van der Waals surface area contributed by atoms with Gasteiger partial charge in [-0.25, -0.2) is 4.52 Å². The smallest absolute Gasteiger partial charge is 0.277 e. The van der Waals surface area contributed by atoms with Crippen molar-refractivity contribution in [2.45, 2.75) is 31.9 Å². The third-order valence-electron chi connectivity index (χ3n) is 6.54. The molecule has 1 fully saturated rings. The van der Waals surface area contributed by atoms with Crippen LogP contribution in [-0.4, -0.2) is 48.8 Å². The van der Waals surface area contributed by atoms with Crippen LogP contribution < -0.4 is 5.56 Å². The second-order valence-electron chi connectivity index (χ2n) is 8.81. The molecule has 4 aromatic rings. The molecule has 0 radical (unpaired) electrons. The van der Waals surface area contributed by atoms with Crippen molar-refractivity contribution in [1.82, 2.24) is 19.1 Å². The molecule has 1 aliphatic heterocycles. The number of likely N-dealkylation sites (tertiary alicyclic amines) is 1. The van der Waals surface area contributed by atoms with Gasteiger partial charge in [0.1, 0.15) is 11.8 Å². The van der Waals surface area contributed by atoms with Gasteiger partial charge < -0.3 is 10.0 Å². The Morgan fingerprint density at radius 1 is 1.06 bits per heavy atom. The maximum Gasteiger partial charge on any atom is 0.277 e. The highest BCUT2D eigenvalue weighted by Gasteiger charge is 2.35. The van der Waals surface area contributed by atoms with E-state index in [2.05, 4.69) is 24.2 Å². The maximum absolute atomic E-state index is 13.2. The van der Waals surface area contributed by atoms with E-state index in [-0.39, 0.29) is 18.0 Å². The number of piperidine rings is 1. The van der Waals surface area contributed by atoms with E-state index in [9.17, 15) is 14.7 Å². The second kappa shape index (κ2) is 8.33. The molecule has 0 saturated carbocycles. The Labute approximate surface area is 191 Å². The first-order valence-corrected chi connectivity index (χ1v) is 11.1. The van der Waals surface area contributed by atoms with E-state index in [0.717, 1.165) is 16.7 Å². The third kappa shape index (κ3) is 4.07. The normalized spacial score (nSPS) is 15.6. The molecule has 2 aromatic carbocycles. The number of amides is 1. The summed E-state index contributed by atoms with van der Waals surface area (Å²) in [5.74, 6) is -0.0408. The molecule has 1 N–H and O–H groups in total. The van der Waals surface area contributed by atoms with Crippen molar-refractivity contribution in [1.29, 1.82) is 0 Å². The molecule has 1 amide bonds. The van der Waals surface area contributed by atoms with Crippen LogP contribution in [-0.2, 0) is 6.54 Å². The second-order valence-corrected chi connectivity index (χ2v) is 8.81. The molecular weight excluding hydrogens is 416 g/mol. The highest BCUT2D eigenvalue weighted by atomic mass is 16.3. The summed E-state index contributed by atoms with van der Waals surface area (Å²) in [4.78, 5) is 27.6. The van der Waals surface area contributed by atoms with Crippen molar-refractivity contribution in [3.8, 4) is 11.1 Å². The number of aromatic nitrogens is 3. The first-order valence-electron chi connectivity index (χ1n) is 11.1. The number of benzene rings is 2. The zero-order valence-electron chi connectivity index (χ0n) is 18.5. The minimum atomic E-state index is -1.06. The van der Waals surface area contributed by atoms with Gasteiger partial charge in [0.2, 0.25) is 0 Å². The molecular formula is C26H26N4O3. The summed E-state index contributed by atoms with van der Waals surface area (Å²) < 4.78 is 2.98. The fourth-order valence-electron chi connectivity index (χ4n) is 4.57. The van der Waals surface area contributed by atoms with E-state index in [1.54, 1.807) is 23.2 Å². The predicted octanol–water partition coefficient (Wildman–Crippen LogP) is 3.14. The van der Waals surface area contributed by atoms with E-state index in [4.69, 9.17) is 0 Å². The minimum Gasteiger partial charge on any atom is -0.388 e. The van der Waals surface area contributed by atoms with Crippen molar-refractivity contribution < 1.29 is 9.90 Å². The lowest BCUT2D eigenvalue weighted by molar-refractivity contribution is -0.0300. The molecule has 0 bridgehead atoms.